The van der Waals surface area contributed by atoms with Gasteiger partial charge < -0.3 is 19.7 Å². The van der Waals surface area contributed by atoms with Crippen molar-refractivity contribution in [2.24, 2.45) is 5.92 Å². The normalized spacial score (nSPS) is 16.1. The number of likely N-dealkylation sites (tertiary alicyclic amines) is 1. The van der Waals surface area contributed by atoms with Gasteiger partial charge in [-0.15, -0.1) is 11.3 Å². The fraction of sp³-hybridized carbons (Fsp3) is 0.516. The molecule has 2 aromatic rings. The molecule has 0 aliphatic carbocycles. The van der Waals surface area contributed by atoms with E-state index < -0.39 is 0 Å². The van der Waals surface area contributed by atoms with Crippen molar-refractivity contribution >= 4 is 29.3 Å². The number of carbonyl (C=O) groups is 2. The lowest BCUT2D eigenvalue weighted by Crippen LogP contribution is -2.40. The number of benzene rings is 1. The number of ether oxygens (including phenoxy) is 2. The van der Waals surface area contributed by atoms with Crippen molar-refractivity contribution in [3.05, 3.63) is 63.1 Å². The summed E-state index contributed by atoms with van der Waals surface area (Å²) in [7, 11) is 2.10. The molecular weight excluding hydrogens is 510 g/mol. The molecule has 1 saturated heterocycles. The molecule has 0 unspecified atom stereocenters. The largest absolute Gasteiger partial charge is 0.494 e. The molecular formula is C31H43N3O4S. The average molecular weight is 554 g/mol. The highest BCUT2D eigenvalue weighted by molar-refractivity contribution is 7.09. The first-order valence-corrected chi connectivity index (χ1v) is 14.9. The Morgan fingerprint density at radius 2 is 1.90 bits per heavy atom. The highest BCUT2D eigenvalue weighted by atomic mass is 32.1. The smallest absolute Gasteiger partial charge is 0.333 e. The van der Waals surface area contributed by atoms with E-state index >= 15 is 0 Å². The van der Waals surface area contributed by atoms with Gasteiger partial charge in [0, 0.05) is 16.9 Å². The molecule has 1 N–H and O–H groups in total. The van der Waals surface area contributed by atoms with Crippen LogP contribution in [0.5, 0.6) is 5.75 Å². The number of nitrogens with zero attached hydrogens (tertiary/aromatic N) is 2. The summed E-state index contributed by atoms with van der Waals surface area (Å²) in [5, 5.41) is 6.17. The third-order valence-corrected chi connectivity index (χ3v) is 7.77. The Labute approximate surface area is 237 Å². The molecule has 8 heteroatoms. The van der Waals surface area contributed by atoms with E-state index in [-0.39, 0.29) is 23.8 Å². The Balaban J connectivity index is 1.76. The molecule has 3 rings (SSSR count). The number of aromatic nitrogens is 1. The molecule has 1 aromatic heterocycles. The standard InChI is InChI=1S/C31H43N3O4S/c1-6-8-17-38-27-11-9-24(10-12-27)20-28(33-29(35)25-13-15-34(5)16-14-25)30-32-26(21-39-30)19-22(3)18-23(4)31(36)37-7-2/h9-12,18-19,21,25,28H,6-8,13-17,20H2,1-5H3,(H,33,35)/b22-19+,23-18-/t28-/m0/s1. The van der Waals surface area contributed by atoms with Crippen molar-refractivity contribution in [3.63, 3.8) is 0 Å². The number of rotatable bonds is 13. The Morgan fingerprint density at radius 1 is 1.18 bits per heavy atom. The van der Waals surface area contributed by atoms with Crippen LogP contribution in [-0.4, -0.2) is 55.1 Å². The molecule has 0 spiro atoms. The van der Waals surface area contributed by atoms with Gasteiger partial charge in [-0.1, -0.05) is 25.5 Å². The highest BCUT2D eigenvalue weighted by Gasteiger charge is 2.27. The maximum absolute atomic E-state index is 13.3. The van der Waals surface area contributed by atoms with Crippen molar-refractivity contribution in [2.75, 3.05) is 33.4 Å². The Kier molecular flexibility index (Phi) is 12.2. The number of esters is 1. The zero-order chi connectivity index (χ0) is 28.2. The van der Waals surface area contributed by atoms with E-state index in [0.717, 1.165) is 66.4 Å². The summed E-state index contributed by atoms with van der Waals surface area (Å²) in [5.41, 5.74) is 3.37. The van der Waals surface area contributed by atoms with Crippen LogP contribution in [0.3, 0.4) is 0 Å². The number of thiazole rings is 1. The summed E-state index contributed by atoms with van der Waals surface area (Å²) in [6.07, 6.45) is 8.27. The predicted octanol–water partition coefficient (Wildman–Crippen LogP) is 5.98. The van der Waals surface area contributed by atoms with E-state index in [2.05, 4.69) is 36.3 Å². The first-order chi connectivity index (χ1) is 18.8. The monoisotopic (exact) mass is 553 g/mol. The summed E-state index contributed by atoms with van der Waals surface area (Å²) < 4.78 is 10.9. The predicted molar refractivity (Wildman–Crippen MR) is 158 cm³/mol. The van der Waals surface area contributed by atoms with Gasteiger partial charge in [0.25, 0.3) is 0 Å². The number of hydrogen-bond donors (Lipinski definition) is 1. The van der Waals surface area contributed by atoms with Crippen LogP contribution in [0, 0.1) is 5.92 Å². The van der Waals surface area contributed by atoms with Gasteiger partial charge in [0.2, 0.25) is 5.91 Å². The minimum atomic E-state index is -0.317. The molecule has 1 aromatic carbocycles. The summed E-state index contributed by atoms with van der Waals surface area (Å²) in [4.78, 5) is 32.4. The fourth-order valence-electron chi connectivity index (χ4n) is 4.50. The molecule has 7 nitrogen and oxygen atoms in total. The molecule has 0 saturated carbocycles. The SMILES string of the molecule is CCCCOc1ccc(C[C@H](NC(=O)C2CCN(C)CC2)c2nc(/C=C(C)/C=C(/C)C(=O)OCC)cs2)cc1. The van der Waals surface area contributed by atoms with E-state index in [1.165, 1.54) is 0 Å². The summed E-state index contributed by atoms with van der Waals surface area (Å²) >= 11 is 1.54. The molecule has 1 fully saturated rings. The number of nitrogens with one attached hydrogen (secondary N) is 1. The Bertz CT molecular complexity index is 1130. The number of piperidine rings is 1. The lowest BCUT2D eigenvalue weighted by molar-refractivity contribution is -0.138. The minimum Gasteiger partial charge on any atom is -0.494 e. The Morgan fingerprint density at radius 3 is 2.56 bits per heavy atom. The van der Waals surface area contributed by atoms with Crippen LogP contribution in [0.15, 0.2) is 46.9 Å². The van der Waals surface area contributed by atoms with Crippen molar-refractivity contribution in [1.82, 2.24) is 15.2 Å². The van der Waals surface area contributed by atoms with Crippen LogP contribution in [0.25, 0.3) is 6.08 Å². The molecule has 0 radical (unpaired) electrons. The quantitative estimate of drug-likeness (QED) is 0.142. The number of hydrogen-bond acceptors (Lipinski definition) is 7. The maximum atomic E-state index is 13.3. The molecule has 1 atom stereocenters. The zero-order valence-corrected chi connectivity index (χ0v) is 24.8. The first-order valence-electron chi connectivity index (χ1n) is 14.0. The van der Waals surface area contributed by atoms with Gasteiger partial charge in [0.05, 0.1) is 24.9 Å². The second kappa shape index (κ2) is 15.6. The fourth-order valence-corrected chi connectivity index (χ4v) is 5.33. The first kappa shape index (κ1) is 30.6. The van der Waals surface area contributed by atoms with Crippen LogP contribution >= 0.6 is 11.3 Å². The van der Waals surface area contributed by atoms with E-state index in [4.69, 9.17) is 14.5 Å². The number of amides is 1. The molecule has 1 amide bonds. The molecule has 1 aliphatic rings. The topological polar surface area (TPSA) is 80.8 Å². The third kappa shape index (κ3) is 9.93. The second-order valence-corrected chi connectivity index (χ2v) is 11.1. The third-order valence-electron chi connectivity index (χ3n) is 6.79. The van der Waals surface area contributed by atoms with Crippen molar-refractivity contribution < 1.29 is 19.1 Å². The van der Waals surface area contributed by atoms with Crippen LogP contribution in [0.1, 0.15) is 75.7 Å². The maximum Gasteiger partial charge on any atom is 0.333 e. The summed E-state index contributed by atoms with van der Waals surface area (Å²) in [5.74, 6) is 0.671. The van der Waals surface area contributed by atoms with Gasteiger partial charge in [0.15, 0.2) is 0 Å². The second-order valence-electron chi connectivity index (χ2n) is 10.2. The van der Waals surface area contributed by atoms with Crippen LogP contribution in [0.2, 0.25) is 0 Å². The number of unbranched alkanes of at least 4 members (excludes halogenated alkanes) is 1. The van der Waals surface area contributed by atoms with Gasteiger partial charge in [0.1, 0.15) is 10.8 Å². The molecule has 0 bridgehead atoms. The lowest BCUT2D eigenvalue weighted by atomic mass is 9.95. The summed E-state index contributed by atoms with van der Waals surface area (Å²) in [6.45, 7) is 10.6. The van der Waals surface area contributed by atoms with Crippen LogP contribution in [0.4, 0.5) is 0 Å². The molecule has 1 aliphatic heterocycles. The lowest BCUT2D eigenvalue weighted by Gasteiger charge is -2.29. The van der Waals surface area contributed by atoms with E-state index in [1.807, 2.05) is 30.5 Å². The van der Waals surface area contributed by atoms with Crippen LogP contribution < -0.4 is 10.1 Å². The van der Waals surface area contributed by atoms with Crippen molar-refractivity contribution in [3.8, 4) is 5.75 Å². The zero-order valence-electron chi connectivity index (χ0n) is 24.0. The molecule has 212 valence electrons. The van der Waals surface area contributed by atoms with E-state index in [9.17, 15) is 9.59 Å². The highest BCUT2D eigenvalue weighted by Crippen LogP contribution is 2.26. The van der Waals surface area contributed by atoms with Crippen molar-refractivity contribution in [1.29, 1.82) is 0 Å². The molecule has 2 heterocycles. The van der Waals surface area contributed by atoms with Gasteiger partial charge >= 0.3 is 5.97 Å². The summed E-state index contributed by atoms with van der Waals surface area (Å²) in [6, 6.07) is 7.90. The van der Waals surface area contributed by atoms with Gasteiger partial charge in [-0.25, -0.2) is 9.78 Å². The van der Waals surface area contributed by atoms with Gasteiger partial charge in [-0.05, 0) is 102 Å². The van der Waals surface area contributed by atoms with E-state index in [0.29, 0.717) is 25.2 Å². The van der Waals surface area contributed by atoms with Crippen LogP contribution in [-0.2, 0) is 20.7 Å². The number of allylic oxidation sites excluding steroid dienone is 2. The minimum absolute atomic E-state index is 0.0237. The van der Waals surface area contributed by atoms with Gasteiger partial charge in [-0.2, -0.15) is 0 Å². The number of carbonyl (C=O) groups excluding carboxylic acids is 2. The van der Waals surface area contributed by atoms with E-state index in [1.54, 1.807) is 31.3 Å². The Hall–Kier alpha value is -2.97. The molecule has 39 heavy (non-hydrogen) atoms. The average Bonchev–Trinajstić information content (AvgIpc) is 3.38. The van der Waals surface area contributed by atoms with Crippen molar-refractivity contribution in [2.45, 2.75) is 65.8 Å². The van der Waals surface area contributed by atoms with Gasteiger partial charge in [-0.3, -0.25) is 4.79 Å².